The molecule has 3 aromatic rings. The van der Waals surface area contributed by atoms with E-state index in [0.717, 1.165) is 16.6 Å². The first-order chi connectivity index (χ1) is 12.9. The van der Waals surface area contributed by atoms with E-state index in [-0.39, 0.29) is 23.1 Å². The van der Waals surface area contributed by atoms with Crippen LogP contribution in [0, 0.1) is 6.92 Å². The van der Waals surface area contributed by atoms with E-state index in [1.807, 2.05) is 35.8 Å². The molecule has 0 fully saturated rings. The number of nitrogens with zero attached hydrogens (tertiary/aromatic N) is 2. The monoisotopic (exact) mass is 390 g/mol. The van der Waals surface area contributed by atoms with Crippen LogP contribution in [0.2, 0.25) is 0 Å². The highest BCUT2D eigenvalue weighted by molar-refractivity contribution is 7.10. The summed E-state index contributed by atoms with van der Waals surface area (Å²) in [6, 6.07) is 11.3. The average molecular weight is 390 g/mol. The summed E-state index contributed by atoms with van der Waals surface area (Å²) in [5.41, 5.74) is 0.387. The highest BCUT2D eigenvalue weighted by atomic mass is 32.1. The van der Waals surface area contributed by atoms with Gasteiger partial charge < -0.3 is 9.47 Å². The Morgan fingerprint density at radius 1 is 1.15 bits per heavy atom. The van der Waals surface area contributed by atoms with E-state index in [1.165, 1.54) is 30.4 Å². The number of benzene rings is 1. The van der Waals surface area contributed by atoms with Crippen molar-refractivity contribution < 1.29 is 18.0 Å². The van der Waals surface area contributed by atoms with Crippen LogP contribution in [-0.2, 0) is 12.7 Å². The molecule has 3 heterocycles. The molecule has 0 unspecified atom stereocenters. The molecule has 0 spiro atoms. The van der Waals surface area contributed by atoms with Gasteiger partial charge in [0.05, 0.1) is 5.56 Å². The van der Waals surface area contributed by atoms with Crippen LogP contribution in [0.4, 0.5) is 13.2 Å². The third-order valence-corrected chi connectivity index (χ3v) is 5.83. The van der Waals surface area contributed by atoms with Crippen LogP contribution in [0.1, 0.15) is 38.1 Å². The molecule has 0 radical (unpaired) electrons. The smallest absolute Gasteiger partial charge is 0.347 e. The van der Waals surface area contributed by atoms with Crippen molar-refractivity contribution in [3.8, 4) is 0 Å². The highest BCUT2D eigenvalue weighted by Crippen LogP contribution is 2.37. The van der Waals surface area contributed by atoms with Crippen LogP contribution in [0.25, 0.3) is 0 Å². The summed E-state index contributed by atoms with van der Waals surface area (Å²) in [6.45, 7) is 2.46. The SMILES string of the molecule is Cc1ccc(C(=O)N2CCn3cccc3[C@H]2c2cccs2)cc1C(F)(F)F. The standard InChI is InChI=1S/C20H17F3N2OS/c1-13-6-7-14(12-15(13)20(21,22)23)19(26)25-10-9-24-8-2-4-16(24)18(25)17-5-3-11-27-17/h2-8,11-12,18H,9-10H2,1H3/t18-/m0/s1. The van der Waals surface area contributed by atoms with Gasteiger partial charge in [0.15, 0.2) is 0 Å². The molecule has 0 N–H and O–H groups in total. The Kier molecular flexibility index (Phi) is 4.34. The van der Waals surface area contributed by atoms with Crippen LogP contribution in [-0.4, -0.2) is 21.9 Å². The number of hydrogen-bond acceptors (Lipinski definition) is 2. The first-order valence-corrected chi connectivity index (χ1v) is 9.41. The number of thiophene rings is 1. The number of carbonyl (C=O) groups is 1. The minimum absolute atomic E-state index is 0.0643. The number of halogens is 3. The van der Waals surface area contributed by atoms with Gasteiger partial charge in [0.25, 0.3) is 5.91 Å². The summed E-state index contributed by atoms with van der Waals surface area (Å²) in [4.78, 5) is 15.8. The number of amides is 1. The molecule has 0 aliphatic carbocycles. The molecule has 0 bridgehead atoms. The lowest BCUT2D eigenvalue weighted by Crippen LogP contribution is -2.42. The second-order valence-corrected chi connectivity index (χ2v) is 7.55. The van der Waals surface area contributed by atoms with Gasteiger partial charge in [-0.15, -0.1) is 11.3 Å². The first kappa shape index (κ1) is 17.9. The van der Waals surface area contributed by atoms with Crippen LogP contribution in [0.15, 0.2) is 54.0 Å². The van der Waals surface area contributed by atoms with E-state index in [1.54, 1.807) is 4.90 Å². The zero-order valence-corrected chi connectivity index (χ0v) is 15.3. The van der Waals surface area contributed by atoms with Gasteiger partial charge in [0.2, 0.25) is 0 Å². The second kappa shape index (κ2) is 6.56. The van der Waals surface area contributed by atoms with Crippen molar-refractivity contribution in [2.45, 2.75) is 25.7 Å². The van der Waals surface area contributed by atoms with Gasteiger partial charge >= 0.3 is 6.18 Å². The molecule has 4 rings (SSSR count). The molecule has 0 saturated heterocycles. The molecule has 7 heteroatoms. The molecule has 27 heavy (non-hydrogen) atoms. The van der Waals surface area contributed by atoms with Gasteiger partial charge in [0, 0.05) is 35.4 Å². The fraction of sp³-hybridized carbons (Fsp3) is 0.250. The van der Waals surface area contributed by atoms with Crippen LogP contribution < -0.4 is 0 Å². The highest BCUT2D eigenvalue weighted by Gasteiger charge is 2.36. The van der Waals surface area contributed by atoms with Gasteiger partial charge in [-0.05, 0) is 48.2 Å². The number of fused-ring (bicyclic) bond motifs is 1. The first-order valence-electron chi connectivity index (χ1n) is 8.53. The molecule has 1 aliphatic heterocycles. The van der Waals surface area contributed by atoms with Crippen molar-refractivity contribution in [2.75, 3.05) is 6.54 Å². The Labute approximate surface area is 158 Å². The lowest BCUT2D eigenvalue weighted by Gasteiger charge is -2.36. The number of alkyl halides is 3. The van der Waals surface area contributed by atoms with Gasteiger partial charge in [-0.1, -0.05) is 12.1 Å². The van der Waals surface area contributed by atoms with Crippen molar-refractivity contribution in [2.24, 2.45) is 0 Å². The van der Waals surface area contributed by atoms with E-state index < -0.39 is 11.7 Å². The van der Waals surface area contributed by atoms with Crippen molar-refractivity contribution >= 4 is 17.2 Å². The van der Waals surface area contributed by atoms with Crippen LogP contribution in [0.5, 0.6) is 0 Å². The third-order valence-electron chi connectivity index (χ3n) is 4.90. The largest absolute Gasteiger partial charge is 0.416 e. The number of aromatic nitrogens is 1. The van der Waals surface area contributed by atoms with E-state index in [9.17, 15) is 18.0 Å². The van der Waals surface area contributed by atoms with Gasteiger partial charge in [-0.3, -0.25) is 4.79 Å². The molecule has 1 atom stereocenters. The van der Waals surface area contributed by atoms with Crippen molar-refractivity contribution in [3.63, 3.8) is 0 Å². The van der Waals surface area contributed by atoms with E-state index in [2.05, 4.69) is 4.57 Å². The molecule has 1 amide bonds. The van der Waals surface area contributed by atoms with E-state index in [4.69, 9.17) is 0 Å². The summed E-state index contributed by atoms with van der Waals surface area (Å²) >= 11 is 1.54. The topological polar surface area (TPSA) is 25.2 Å². The van der Waals surface area contributed by atoms with Crippen LogP contribution in [0.3, 0.4) is 0 Å². The fourth-order valence-corrected chi connectivity index (χ4v) is 4.42. The Morgan fingerprint density at radius 2 is 1.96 bits per heavy atom. The Bertz CT molecular complexity index is 976. The zero-order chi connectivity index (χ0) is 19.2. The van der Waals surface area contributed by atoms with Gasteiger partial charge in [-0.25, -0.2) is 0 Å². The Hall–Kier alpha value is -2.54. The van der Waals surface area contributed by atoms with Crippen molar-refractivity contribution in [1.82, 2.24) is 9.47 Å². The van der Waals surface area contributed by atoms with Gasteiger partial charge in [0.1, 0.15) is 6.04 Å². The molecule has 0 saturated carbocycles. The quantitative estimate of drug-likeness (QED) is 0.596. The Morgan fingerprint density at radius 3 is 2.67 bits per heavy atom. The molecule has 1 aliphatic rings. The number of aryl methyl sites for hydroxylation is 1. The number of rotatable bonds is 2. The maximum Gasteiger partial charge on any atom is 0.416 e. The average Bonchev–Trinajstić information content (AvgIpc) is 3.31. The molecule has 1 aromatic carbocycles. The summed E-state index contributed by atoms with van der Waals surface area (Å²) in [5, 5.41) is 1.94. The van der Waals surface area contributed by atoms with Crippen molar-refractivity contribution in [3.05, 3.63) is 81.3 Å². The van der Waals surface area contributed by atoms with Gasteiger partial charge in [-0.2, -0.15) is 13.2 Å². The lowest BCUT2D eigenvalue weighted by molar-refractivity contribution is -0.138. The zero-order valence-electron chi connectivity index (χ0n) is 14.5. The normalized spacial score (nSPS) is 17.0. The summed E-state index contributed by atoms with van der Waals surface area (Å²) < 4.78 is 41.9. The maximum absolute atomic E-state index is 13.3. The number of carbonyl (C=O) groups excluding carboxylic acids is 1. The fourth-order valence-electron chi connectivity index (χ4n) is 3.57. The molecule has 140 valence electrons. The summed E-state index contributed by atoms with van der Waals surface area (Å²) in [6.07, 6.45) is -2.52. The minimum atomic E-state index is -4.48. The second-order valence-electron chi connectivity index (χ2n) is 6.57. The third kappa shape index (κ3) is 3.16. The predicted octanol–water partition coefficient (Wildman–Crippen LogP) is 5.12. The summed E-state index contributed by atoms with van der Waals surface area (Å²) in [7, 11) is 0. The van der Waals surface area contributed by atoms with E-state index >= 15 is 0 Å². The lowest BCUT2D eigenvalue weighted by atomic mass is 10.0. The molecular formula is C20H17F3N2OS. The van der Waals surface area contributed by atoms with Crippen LogP contribution >= 0.6 is 11.3 Å². The molecular weight excluding hydrogens is 373 g/mol. The number of hydrogen-bond donors (Lipinski definition) is 0. The maximum atomic E-state index is 13.3. The summed E-state index contributed by atoms with van der Waals surface area (Å²) in [5.74, 6) is -0.383. The predicted molar refractivity (Wildman–Crippen MR) is 97.8 cm³/mol. The minimum Gasteiger partial charge on any atom is -0.347 e. The molecule has 2 aromatic heterocycles. The Balaban J connectivity index is 1.75. The molecule has 3 nitrogen and oxygen atoms in total. The van der Waals surface area contributed by atoms with E-state index in [0.29, 0.717) is 13.1 Å². The van der Waals surface area contributed by atoms with Crippen molar-refractivity contribution in [1.29, 1.82) is 0 Å².